The molecule has 126 valence electrons. The third-order valence-electron chi connectivity index (χ3n) is 3.88. The Morgan fingerprint density at radius 1 is 1.12 bits per heavy atom. The molecular formula is C18H14N2O4S. The molecule has 0 atom stereocenters. The molecule has 2 aromatic rings. The van der Waals surface area contributed by atoms with Crippen molar-refractivity contribution in [1.82, 2.24) is 0 Å². The van der Waals surface area contributed by atoms with E-state index in [2.05, 4.69) is 0 Å². The molecule has 1 saturated heterocycles. The standard InChI is InChI=1S/C18H14N2O4S/c1-11-4-3-5-15(10-11)19-17(21)16(25-18(19)22)12(2)13-6-8-14(9-7-13)20(23)24/h3-10H,1-2H3/b16-12-. The molecule has 6 nitrogen and oxygen atoms in total. The third kappa shape index (κ3) is 3.18. The summed E-state index contributed by atoms with van der Waals surface area (Å²) >= 11 is 0.879. The number of hydrogen-bond donors (Lipinski definition) is 0. The number of nitro groups is 1. The number of nitrogens with zero attached hydrogens (tertiary/aromatic N) is 2. The monoisotopic (exact) mass is 354 g/mol. The van der Waals surface area contributed by atoms with E-state index in [9.17, 15) is 19.7 Å². The maximum atomic E-state index is 12.7. The SMILES string of the molecule is C/C(=C1/SC(=O)N(c2cccc(C)c2)C1=O)c1ccc([N+](=O)[O-])cc1. The van der Waals surface area contributed by atoms with Crippen molar-refractivity contribution in [1.29, 1.82) is 0 Å². The van der Waals surface area contributed by atoms with Crippen LogP contribution < -0.4 is 4.90 Å². The summed E-state index contributed by atoms with van der Waals surface area (Å²) in [4.78, 5) is 36.8. The van der Waals surface area contributed by atoms with E-state index in [-0.39, 0.29) is 16.8 Å². The normalized spacial score (nSPS) is 16.3. The van der Waals surface area contributed by atoms with Gasteiger partial charge in [0.25, 0.3) is 16.8 Å². The smallest absolute Gasteiger partial charge is 0.268 e. The van der Waals surface area contributed by atoms with E-state index < -0.39 is 4.92 Å². The highest BCUT2D eigenvalue weighted by Gasteiger charge is 2.37. The highest BCUT2D eigenvalue weighted by atomic mass is 32.2. The molecule has 1 heterocycles. The molecule has 1 fully saturated rings. The first-order valence-electron chi connectivity index (χ1n) is 7.47. The van der Waals surface area contributed by atoms with Gasteiger partial charge in [0.05, 0.1) is 15.5 Å². The van der Waals surface area contributed by atoms with Gasteiger partial charge in [-0.05, 0) is 66.6 Å². The fourth-order valence-electron chi connectivity index (χ4n) is 2.55. The van der Waals surface area contributed by atoms with E-state index in [1.54, 1.807) is 37.3 Å². The highest BCUT2D eigenvalue weighted by molar-refractivity contribution is 8.19. The molecule has 0 aliphatic carbocycles. The molecule has 0 spiro atoms. The Bertz CT molecular complexity index is 919. The van der Waals surface area contributed by atoms with Crippen LogP contribution in [0.2, 0.25) is 0 Å². The molecule has 0 unspecified atom stereocenters. The van der Waals surface area contributed by atoms with E-state index in [4.69, 9.17) is 0 Å². The maximum Gasteiger partial charge on any atom is 0.298 e. The molecule has 1 aliphatic rings. The number of aryl methyl sites for hydroxylation is 1. The summed E-state index contributed by atoms with van der Waals surface area (Å²) in [6.45, 7) is 3.62. The summed E-state index contributed by atoms with van der Waals surface area (Å²) in [5.74, 6) is -0.378. The van der Waals surface area contributed by atoms with Crippen molar-refractivity contribution in [3.8, 4) is 0 Å². The number of nitro benzene ring substituents is 1. The van der Waals surface area contributed by atoms with Crippen LogP contribution in [0.1, 0.15) is 18.1 Å². The van der Waals surface area contributed by atoms with Crippen molar-refractivity contribution in [3.05, 3.63) is 74.7 Å². The van der Waals surface area contributed by atoms with Crippen LogP contribution in [-0.2, 0) is 4.79 Å². The van der Waals surface area contributed by atoms with Gasteiger partial charge in [-0.2, -0.15) is 0 Å². The van der Waals surface area contributed by atoms with E-state index in [1.165, 1.54) is 12.1 Å². The van der Waals surface area contributed by atoms with E-state index in [0.717, 1.165) is 22.2 Å². The second-order valence-electron chi connectivity index (χ2n) is 5.61. The molecule has 0 radical (unpaired) electrons. The van der Waals surface area contributed by atoms with Crippen LogP contribution in [0, 0.1) is 17.0 Å². The average molecular weight is 354 g/mol. The molecule has 0 saturated carbocycles. The van der Waals surface area contributed by atoms with Crippen LogP contribution in [0.25, 0.3) is 5.57 Å². The number of amides is 2. The number of imide groups is 1. The first-order chi connectivity index (χ1) is 11.9. The minimum absolute atomic E-state index is 0.0237. The number of hydrogen-bond acceptors (Lipinski definition) is 5. The number of rotatable bonds is 3. The molecular weight excluding hydrogens is 340 g/mol. The minimum atomic E-state index is -0.481. The largest absolute Gasteiger partial charge is 0.298 e. The lowest BCUT2D eigenvalue weighted by Crippen LogP contribution is -2.27. The quantitative estimate of drug-likeness (QED) is 0.459. The maximum absolute atomic E-state index is 12.7. The van der Waals surface area contributed by atoms with Gasteiger partial charge >= 0.3 is 0 Å². The van der Waals surface area contributed by atoms with E-state index in [0.29, 0.717) is 21.7 Å². The summed E-state index contributed by atoms with van der Waals surface area (Å²) in [6, 6.07) is 13.1. The van der Waals surface area contributed by atoms with Gasteiger partial charge in [-0.25, -0.2) is 4.90 Å². The first kappa shape index (κ1) is 16.9. The lowest BCUT2D eigenvalue weighted by atomic mass is 10.1. The van der Waals surface area contributed by atoms with Gasteiger partial charge in [0, 0.05) is 12.1 Å². The number of allylic oxidation sites excluding steroid dienone is 1. The summed E-state index contributed by atoms with van der Waals surface area (Å²) in [6.07, 6.45) is 0. The third-order valence-corrected chi connectivity index (χ3v) is 4.92. The Hall–Kier alpha value is -2.93. The summed E-state index contributed by atoms with van der Waals surface area (Å²) in [7, 11) is 0. The van der Waals surface area contributed by atoms with Crippen LogP contribution in [0.3, 0.4) is 0 Å². The predicted octanol–water partition coefficient (Wildman–Crippen LogP) is 4.53. The van der Waals surface area contributed by atoms with Gasteiger partial charge in [-0.15, -0.1) is 0 Å². The lowest BCUT2D eigenvalue weighted by Gasteiger charge is -2.13. The second kappa shape index (κ2) is 6.52. The van der Waals surface area contributed by atoms with Crippen molar-refractivity contribution in [2.75, 3.05) is 4.90 Å². The fraction of sp³-hybridized carbons (Fsp3) is 0.111. The number of anilines is 1. The summed E-state index contributed by atoms with van der Waals surface area (Å²) in [5.41, 5.74) is 2.75. The Morgan fingerprint density at radius 3 is 2.40 bits per heavy atom. The molecule has 0 bridgehead atoms. The van der Waals surface area contributed by atoms with E-state index >= 15 is 0 Å². The summed E-state index contributed by atoms with van der Waals surface area (Å²) in [5, 5.41) is 10.4. The van der Waals surface area contributed by atoms with Gasteiger partial charge in [-0.1, -0.05) is 12.1 Å². The number of benzene rings is 2. The average Bonchev–Trinajstić information content (AvgIpc) is 2.88. The predicted molar refractivity (Wildman–Crippen MR) is 97.3 cm³/mol. The molecule has 0 N–H and O–H groups in total. The summed E-state index contributed by atoms with van der Waals surface area (Å²) < 4.78 is 0. The molecule has 2 amide bonds. The lowest BCUT2D eigenvalue weighted by molar-refractivity contribution is -0.384. The zero-order chi connectivity index (χ0) is 18.1. The molecule has 1 aliphatic heterocycles. The Labute approximate surface area is 148 Å². The van der Waals surface area contributed by atoms with Crippen LogP contribution in [0.15, 0.2) is 53.4 Å². The fourth-order valence-corrected chi connectivity index (χ4v) is 3.46. The van der Waals surface area contributed by atoms with Gasteiger partial charge in [0.1, 0.15) is 0 Å². The van der Waals surface area contributed by atoms with Crippen LogP contribution in [-0.4, -0.2) is 16.1 Å². The first-order valence-corrected chi connectivity index (χ1v) is 8.29. The van der Waals surface area contributed by atoms with Crippen LogP contribution >= 0.6 is 11.8 Å². The molecule has 7 heteroatoms. The van der Waals surface area contributed by atoms with Gasteiger partial charge in [0.2, 0.25) is 0 Å². The van der Waals surface area contributed by atoms with Crippen molar-refractivity contribution in [3.63, 3.8) is 0 Å². The zero-order valence-electron chi connectivity index (χ0n) is 13.6. The zero-order valence-corrected chi connectivity index (χ0v) is 14.4. The van der Waals surface area contributed by atoms with Crippen molar-refractivity contribution >= 4 is 39.9 Å². The van der Waals surface area contributed by atoms with Crippen LogP contribution in [0.5, 0.6) is 0 Å². The Balaban J connectivity index is 1.97. The number of carbonyl (C=O) groups is 2. The molecule has 25 heavy (non-hydrogen) atoms. The minimum Gasteiger partial charge on any atom is -0.268 e. The van der Waals surface area contributed by atoms with Crippen molar-refractivity contribution < 1.29 is 14.5 Å². The number of non-ortho nitro benzene ring substituents is 1. The topological polar surface area (TPSA) is 80.5 Å². The Kier molecular flexibility index (Phi) is 4.41. The number of thioether (sulfide) groups is 1. The highest BCUT2D eigenvalue weighted by Crippen LogP contribution is 2.39. The van der Waals surface area contributed by atoms with Gasteiger partial charge < -0.3 is 0 Å². The Morgan fingerprint density at radius 2 is 1.80 bits per heavy atom. The number of carbonyl (C=O) groups excluding carboxylic acids is 2. The van der Waals surface area contributed by atoms with Gasteiger partial charge in [-0.3, -0.25) is 19.7 Å². The second-order valence-corrected chi connectivity index (χ2v) is 6.57. The van der Waals surface area contributed by atoms with Crippen molar-refractivity contribution in [2.24, 2.45) is 0 Å². The van der Waals surface area contributed by atoms with Crippen LogP contribution in [0.4, 0.5) is 16.2 Å². The van der Waals surface area contributed by atoms with Crippen molar-refractivity contribution in [2.45, 2.75) is 13.8 Å². The van der Waals surface area contributed by atoms with Gasteiger partial charge in [0.15, 0.2) is 0 Å². The molecule has 2 aromatic carbocycles. The van der Waals surface area contributed by atoms with E-state index in [1.807, 2.05) is 13.0 Å². The molecule has 0 aromatic heterocycles. The molecule has 3 rings (SSSR count).